The number of hydrogen-bond donors (Lipinski definition) is 0. The SMILES string of the molecule is CCO/N=C(\c1ccc(F)c(F)c1)c1ccc(CN2CC3(C2)CN(c2ccn4c5c(nc4c2)CCCC5)C3)cn1. The summed E-state index contributed by atoms with van der Waals surface area (Å²) in [5, 5.41) is 4.12. The van der Waals surface area contributed by atoms with Crippen LogP contribution in [-0.2, 0) is 24.2 Å². The van der Waals surface area contributed by atoms with Gasteiger partial charge in [0.2, 0.25) is 0 Å². The van der Waals surface area contributed by atoms with Crippen molar-refractivity contribution in [2.45, 2.75) is 39.2 Å². The number of hydrogen-bond acceptors (Lipinski definition) is 6. The molecule has 206 valence electrons. The molecule has 3 aliphatic rings. The van der Waals surface area contributed by atoms with Crippen LogP contribution in [0.4, 0.5) is 14.5 Å². The van der Waals surface area contributed by atoms with Crippen LogP contribution in [0.1, 0.15) is 48.0 Å². The normalized spacial score (nSPS) is 18.5. The second kappa shape index (κ2) is 9.96. The Balaban J connectivity index is 0.965. The van der Waals surface area contributed by atoms with E-state index in [9.17, 15) is 8.78 Å². The highest BCUT2D eigenvalue weighted by Gasteiger charge is 2.51. The van der Waals surface area contributed by atoms with Gasteiger partial charge in [-0.15, -0.1) is 0 Å². The van der Waals surface area contributed by atoms with Crippen LogP contribution in [0, 0.1) is 17.0 Å². The summed E-state index contributed by atoms with van der Waals surface area (Å²) in [4.78, 5) is 19.6. The van der Waals surface area contributed by atoms with Gasteiger partial charge in [0.05, 0.1) is 11.4 Å². The van der Waals surface area contributed by atoms with E-state index in [1.54, 1.807) is 0 Å². The second-order valence-corrected chi connectivity index (χ2v) is 11.4. The molecular weight excluding hydrogens is 510 g/mol. The first-order chi connectivity index (χ1) is 19.5. The number of aryl methyl sites for hydroxylation is 2. The highest BCUT2D eigenvalue weighted by molar-refractivity contribution is 6.11. The molecule has 0 N–H and O–H groups in total. The second-order valence-electron chi connectivity index (χ2n) is 11.4. The predicted molar refractivity (Wildman–Crippen MR) is 150 cm³/mol. The van der Waals surface area contributed by atoms with Crippen molar-refractivity contribution in [1.29, 1.82) is 0 Å². The average molecular weight is 543 g/mol. The van der Waals surface area contributed by atoms with E-state index < -0.39 is 11.6 Å². The van der Waals surface area contributed by atoms with Crippen LogP contribution in [0.15, 0.2) is 60.0 Å². The van der Waals surface area contributed by atoms with Crippen molar-refractivity contribution < 1.29 is 13.6 Å². The van der Waals surface area contributed by atoms with Gasteiger partial charge in [-0.3, -0.25) is 9.88 Å². The number of nitrogens with zero attached hydrogens (tertiary/aromatic N) is 6. The molecule has 1 aromatic carbocycles. The largest absolute Gasteiger partial charge is 0.396 e. The first-order valence-electron chi connectivity index (χ1n) is 14.1. The van der Waals surface area contributed by atoms with Crippen LogP contribution < -0.4 is 4.90 Å². The number of anilines is 1. The molecule has 0 amide bonds. The number of fused-ring (bicyclic) bond motifs is 3. The number of rotatable bonds is 7. The molecule has 5 heterocycles. The molecule has 3 aromatic heterocycles. The maximum Gasteiger partial charge on any atom is 0.159 e. The van der Waals surface area contributed by atoms with E-state index in [0.717, 1.165) is 68.9 Å². The van der Waals surface area contributed by atoms with E-state index >= 15 is 0 Å². The monoisotopic (exact) mass is 542 g/mol. The van der Waals surface area contributed by atoms with Gasteiger partial charge >= 0.3 is 0 Å². The summed E-state index contributed by atoms with van der Waals surface area (Å²) >= 11 is 0. The van der Waals surface area contributed by atoms with Crippen molar-refractivity contribution in [3.05, 3.63) is 94.7 Å². The van der Waals surface area contributed by atoms with Gasteiger partial charge in [-0.2, -0.15) is 0 Å². The maximum absolute atomic E-state index is 13.9. The molecule has 2 aliphatic heterocycles. The quantitative estimate of drug-likeness (QED) is 0.243. The third-order valence-corrected chi connectivity index (χ3v) is 8.36. The van der Waals surface area contributed by atoms with Crippen molar-refractivity contribution >= 4 is 17.0 Å². The summed E-state index contributed by atoms with van der Waals surface area (Å²) in [6, 6.07) is 12.0. The number of oxime groups is 1. The number of imidazole rings is 1. The number of halogens is 2. The van der Waals surface area contributed by atoms with Gasteiger partial charge in [-0.25, -0.2) is 13.8 Å². The van der Waals surface area contributed by atoms with Crippen LogP contribution in [0.3, 0.4) is 0 Å². The highest BCUT2D eigenvalue weighted by Crippen LogP contribution is 2.42. The van der Waals surface area contributed by atoms with E-state index in [1.165, 1.54) is 36.0 Å². The molecular formula is C31H32F2N6O. The Hall–Kier alpha value is -3.85. The summed E-state index contributed by atoms with van der Waals surface area (Å²) in [7, 11) is 0. The molecule has 9 heteroatoms. The minimum Gasteiger partial charge on any atom is -0.396 e. The Labute approximate surface area is 232 Å². The van der Waals surface area contributed by atoms with Crippen molar-refractivity contribution in [3.8, 4) is 0 Å². The van der Waals surface area contributed by atoms with Gasteiger partial charge in [-0.1, -0.05) is 11.2 Å². The minimum absolute atomic E-state index is 0.359. The zero-order chi connectivity index (χ0) is 27.3. The lowest BCUT2D eigenvalue weighted by atomic mass is 9.72. The molecule has 1 spiro atoms. The highest BCUT2D eigenvalue weighted by atomic mass is 19.2. The summed E-state index contributed by atoms with van der Waals surface area (Å²) < 4.78 is 29.6. The minimum atomic E-state index is -0.930. The number of pyridine rings is 2. The molecule has 0 atom stereocenters. The fourth-order valence-electron chi connectivity index (χ4n) is 6.48. The summed E-state index contributed by atoms with van der Waals surface area (Å²) in [6.45, 7) is 7.27. The number of likely N-dealkylation sites (tertiary alicyclic amines) is 1. The van der Waals surface area contributed by atoms with Crippen LogP contribution >= 0.6 is 0 Å². The standard InChI is InChI=1S/C31H32F2N6O/c1-2-40-36-30(22-8-9-24(32)25(33)13-22)27-10-7-21(15-34-27)16-37-17-31(18-37)19-38(20-31)23-11-12-39-28-6-4-3-5-26(28)35-29(39)14-23/h7-15H,2-6,16-20H2,1H3/b36-30+. The van der Waals surface area contributed by atoms with Crippen LogP contribution in [-0.4, -0.2) is 57.8 Å². The molecule has 2 fully saturated rings. The van der Waals surface area contributed by atoms with Crippen molar-refractivity contribution in [2.24, 2.45) is 10.6 Å². The lowest BCUT2D eigenvalue weighted by Crippen LogP contribution is -2.71. The molecule has 7 nitrogen and oxygen atoms in total. The van der Waals surface area contributed by atoms with E-state index in [-0.39, 0.29) is 0 Å². The molecule has 7 rings (SSSR count). The Morgan fingerprint density at radius 1 is 1.00 bits per heavy atom. The molecule has 2 saturated heterocycles. The summed E-state index contributed by atoms with van der Waals surface area (Å²) in [6.07, 6.45) is 8.77. The lowest BCUT2D eigenvalue weighted by Gasteiger charge is -2.61. The third kappa shape index (κ3) is 4.52. The zero-order valence-electron chi connectivity index (χ0n) is 22.6. The van der Waals surface area contributed by atoms with E-state index in [0.29, 0.717) is 29.0 Å². The van der Waals surface area contributed by atoms with Crippen molar-refractivity contribution in [3.63, 3.8) is 0 Å². The fourth-order valence-corrected chi connectivity index (χ4v) is 6.48. The Morgan fingerprint density at radius 2 is 1.85 bits per heavy atom. The van der Waals surface area contributed by atoms with Crippen LogP contribution in [0.2, 0.25) is 0 Å². The van der Waals surface area contributed by atoms with Gasteiger partial charge in [0.25, 0.3) is 0 Å². The topological polar surface area (TPSA) is 58.3 Å². The zero-order valence-corrected chi connectivity index (χ0v) is 22.6. The van der Waals surface area contributed by atoms with Crippen molar-refractivity contribution in [2.75, 3.05) is 37.7 Å². The molecule has 40 heavy (non-hydrogen) atoms. The Morgan fingerprint density at radius 3 is 2.62 bits per heavy atom. The smallest absolute Gasteiger partial charge is 0.159 e. The fraction of sp³-hybridized carbons (Fsp3) is 0.387. The summed E-state index contributed by atoms with van der Waals surface area (Å²) in [5.74, 6) is -1.83. The van der Waals surface area contributed by atoms with Gasteiger partial charge < -0.3 is 14.1 Å². The average Bonchev–Trinajstić information content (AvgIpc) is 3.30. The van der Waals surface area contributed by atoms with Crippen molar-refractivity contribution in [1.82, 2.24) is 19.3 Å². The molecule has 0 saturated carbocycles. The third-order valence-electron chi connectivity index (χ3n) is 8.36. The molecule has 4 aromatic rings. The maximum atomic E-state index is 13.9. The summed E-state index contributed by atoms with van der Waals surface area (Å²) in [5.41, 5.74) is 7.82. The first-order valence-corrected chi connectivity index (χ1v) is 14.1. The molecule has 0 unspecified atom stereocenters. The Bertz CT molecular complexity index is 1580. The van der Waals surface area contributed by atoms with E-state index in [1.807, 2.05) is 25.3 Å². The van der Waals surface area contributed by atoms with E-state index in [2.05, 4.69) is 42.7 Å². The Kier molecular flexibility index (Phi) is 6.26. The molecule has 1 aliphatic carbocycles. The van der Waals surface area contributed by atoms with Gasteiger partial charge in [-0.05, 0) is 68.5 Å². The van der Waals surface area contributed by atoms with Crippen LogP contribution in [0.5, 0.6) is 0 Å². The van der Waals surface area contributed by atoms with Gasteiger partial charge in [0.15, 0.2) is 11.6 Å². The molecule has 0 bridgehead atoms. The van der Waals surface area contributed by atoms with Crippen LogP contribution in [0.25, 0.3) is 5.65 Å². The van der Waals surface area contributed by atoms with Gasteiger partial charge in [0, 0.05) is 73.5 Å². The first kappa shape index (κ1) is 25.1. The number of benzene rings is 1. The lowest BCUT2D eigenvalue weighted by molar-refractivity contribution is -0.0273. The van der Waals surface area contributed by atoms with Gasteiger partial charge in [0.1, 0.15) is 18.0 Å². The predicted octanol–water partition coefficient (Wildman–Crippen LogP) is 5.00. The molecule has 0 radical (unpaired) electrons. The number of aromatic nitrogens is 3. The van der Waals surface area contributed by atoms with E-state index in [4.69, 9.17) is 9.82 Å².